The zero-order valence-corrected chi connectivity index (χ0v) is 14.7. The third-order valence-corrected chi connectivity index (χ3v) is 4.67. The Morgan fingerprint density at radius 3 is 1.81 bits per heavy atom. The van der Waals surface area contributed by atoms with Crippen LogP contribution in [0, 0.1) is 11.3 Å². The van der Waals surface area contributed by atoms with Crippen molar-refractivity contribution in [3.63, 3.8) is 0 Å². The SMILES string of the molecule is N#CC1=C(N)OC(c2ccccc2)=C(c2ccccc2)C1c1ccccc1. The van der Waals surface area contributed by atoms with Crippen molar-refractivity contribution in [1.29, 1.82) is 5.26 Å². The molecule has 0 aliphatic carbocycles. The molecule has 130 valence electrons. The van der Waals surface area contributed by atoms with Gasteiger partial charge in [-0.05, 0) is 11.1 Å². The van der Waals surface area contributed by atoms with Crippen molar-refractivity contribution < 1.29 is 4.74 Å². The Labute approximate surface area is 158 Å². The van der Waals surface area contributed by atoms with Crippen LogP contribution in [0.5, 0.6) is 0 Å². The Morgan fingerprint density at radius 1 is 0.741 bits per heavy atom. The molecule has 0 fully saturated rings. The van der Waals surface area contributed by atoms with Crippen LogP contribution >= 0.6 is 0 Å². The molecule has 1 atom stereocenters. The molecule has 4 rings (SSSR count). The Hall–Kier alpha value is -3.77. The summed E-state index contributed by atoms with van der Waals surface area (Å²) in [5.74, 6) is 0.555. The van der Waals surface area contributed by atoms with Gasteiger partial charge in [0, 0.05) is 11.1 Å². The summed E-state index contributed by atoms with van der Waals surface area (Å²) in [4.78, 5) is 0. The van der Waals surface area contributed by atoms with Crippen molar-refractivity contribution in [2.45, 2.75) is 5.92 Å². The molecule has 0 saturated carbocycles. The van der Waals surface area contributed by atoms with Gasteiger partial charge in [0.05, 0.1) is 5.92 Å². The lowest BCUT2D eigenvalue weighted by Crippen LogP contribution is -2.20. The van der Waals surface area contributed by atoms with Crippen molar-refractivity contribution in [2.75, 3.05) is 0 Å². The first-order chi connectivity index (χ1) is 13.3. The summed E-state index contributed by atoms with van der Waals surface area (Å²) in [5.41, 5.74) is 10.5. The summed E-state index contributed by atoms with van der Waals surface area (Å²) in [6, 6.07) is 32.1. The number of allylic oxidation sites excluding steroid dienone is 2. The van der Waals surface area contributed by atoms with E-state index < -0.39 is 0 Å². The number of nitriles is 1. The largest absolute Gasteiger partial charge is 0.440 e. The van der Waals surface area contributed by atoms with Crippen LogP contribution in [0.2, 0.25) is 0 Å². The molecule has 1 unspecified atom stereocenters. The van der Waals surface area contributed by atoms with E-state index in [1.54, 1.807) is 0 Å². The molecule has 3 nitrogen and oxygen atoms in total. The topological polar surface area (TPSA) is 59.0 Å². The molecule has 0 bridgehead atoms. The molecule has 2 N–H and O–H groups in total. The van der Waals surface area contributed by atoms with Crippen molar-refractivity contribution in [3.05, 3.63) is 119 Å². The van der Waals surface area contributed by atoms with Crippen LogP contribution in [-0.4, -0.2) is 0 Å². The van der Waals surface area contributed by atoms with E-state index in [0.29, 0.717) is 11.3 Å². The summed E-state index contributed by atoms with van der Waals surface area (Å²) < 4.78 is 6.01. The van der Waals surface area contributed by atoms with Gasteiger partial charge in [-0.1, -0.05) is 91.0 Å². The van der Waals surface area contributed by atoms with Crippen molar-refractivity contribution in [3.8, 4) is 6.07 Å². The standard InChI is InChI=1S/C24H18N2O/c25-16-20-21(17-10-4-1-5-11-17)22(18-12-6-2-7-13-18)23(27-24(20)26)19-14-8-3-9-15-19/h1-15,21H,26H2. The van der Waals surface area contributed by atoms with Crippen LogP contribution in [0.25, 0.3) is 11.3 Å². The number of nitrogens with two attached hydrogens (primary N) is 1. The predicted octanol–water partition coefficient (Wildman–Crippen LogP) is 5.06. The molecular weight excluding hydrogens is 332 g/mol. The fraction of sp³-hybridized carbons (Fsp3) is 0.0417. The lowest BCUT2D eigenvalue weighted by Gasteiger charge is -2.30. The second kappa shape index (κ2) is 7.23. The summed E-state index contributed by atoms with van der Waals surface area (Å²) in [6.07, 6.45) is 0. The number of hydrogen-bond donors (Lipinski definition) is 1. The number of rotatable bonds is 3. The first-order valence-electron chi connectivity index (χ1n) is 8.77. The minimum absolute atomic E-state index is 0.157. The molecule has 1 aliphatic heterocycles. The zero-order chi connectivity index (χ0) is 18.6. The summed E-state index contributed by atoms with van der Waals surface area (Å²) in [6.45, 7) is 0. The van der Waals surface area contributed by atoms with E-state index in [2.05, 4.69) is 6.07 Å². The van der Waals surface area contributed by atoms with Crippen molar-refractivity contribution in [1.82, 2.24) is 0 Å². The Morgan fingerprint density at radius 2 is 1.26 bits per heavy atom. The molecule has 0 radical (unpaired) electrons. The summed E-state index contributed by atoms with van der Waals surface area (Å²) in [5, 5.41) is 9.82. The lowest BCUT2D eigenvalue weighted by molar-refractivity contribution is 0.364. The highest BCUT2D eigenvalue weighted by atomic mass is 16.5. The second-order valence-electron chi connectivity index (χ2n) is 6.31. The van der Waals surface area contributed by atoms with Gasteiger partial charge in [-0.2, -0.15) is 5.26 Å². The number of benzene rings is 3. The van der Waals surface area contributed by atoms with Crippen LogP contribution in [0.1, 0.15) is 22.6 Å². The van der Waals surface area contributed by atoms with E-state index in [-0.39, 0.29) is 11.8 Å². The number of nitrogens with zero attached hydrogens (tertiary/aromatic N) is 1. The lowest BCUT2D eigenvalue weighted by atomic mass is 9.79. The van der Waals surface area contributed by atoms with E-state index >= 15 is 0 Å². The number of hydrogen-bond acceptors (Lipinski definition) is 3. The molecule has 0 spiro atoms. The van der Waals surface area contributed by atoms with E-state index in [0.717, 1.165) is 22.3 Å². The molecular formula is C24H18N2O. The monoisotopic (exact) mass is 350 g/mol. The molecule has 0 saturated heterocycles. The van der Waals surface area contributed by atoms with Gasteiger partial charge in [0.15, 0.2) is 0 Å². The molecule has 0 aromatic heterocycles. The molecule has 3 aromatic carbocycles. The average molecular weight is 350 g/mol. The highest BCUT2D eigenvalue weighted by Crippen LogP contribution is 2.46. The minimum atomic E-state index is -0.289. The fourth-order valence-corrected chi connectivity index (χ4v) is 3.46. The number of ether oxygens (including phenoxy) is 1. The van der Waals surface area contributed by atoms with E-state index in [9.17, 15) is 5.26 Å². The highest BCUT2D eigenvalue weighted by Gasteiger charge is 2.34. The van der Waals surface area contributed by atoms with Gasteiger partial charge in [-0.3, -0.25) is 0 Å². The van der Waals surface area contributed by atoms with Gasteiger partial charge < -0.3 is 10.5 Å². The first kappa shape index (κ1) is 16.7. The zero-order valence-electron chi connectivity index (χ0n) is 14.7. The fourth-order valence-electron chi connectivity index (χ4n) is 3.46. The molecule has 1 aliphatic rings. The Bertz CT molecular complexity index is 1050. The molecule has 1 heterocycles. The summed E-state index contributed by atoms with van der Waals surface area (Å²) in [7, 11) is 0. The minimum Gasteiger partial charge on any atom is -0.440 e. The van der Waals surface area contributed by atoms with Crippen LogP contribution in [0.4, 0.5) is 0 Å². The van der Waals surface area contributed by atoms with Crippen LogP contribution in [0.3, 0.4) is 0 Å². The van der Waals surface area contributed by atoms with E-state index in [4.69, 9.17) is 10.5 Å². The average Bonchev–Trinajstić information content (AvgIpc) is 2.75. The van der Waals surface area contributed by atoms with E-state index in [1.807, 2.05) is 91.0 Å². The molecule has 3 aromatic rings. The second-order valence-corrected chi connectivity index (χ2v) is 6.31. The predicted molar refractivity (Wildman–Crippen MR) is 107 cm³/mol. The van der Waals surface area contributed by atoms with Gasteiger partial charge in [-0.25, -0.2) is 0 Å². The quantitative estimate of drug-likeness (QED) is 0.718. The van der Waals surface area contributed by atoms with Gasteiger partial charge in [-0.15, -0.1) is 0 Å². The highest BCUT2D eigenvalue weighted by molar-refractivity contribution is 5.94. The van der Waals surface area contributed by atoms with Gasteiger partial charge in [0.1, 0.15) is 17.4 Å². The third-order valence-electron chi connectivity index (χ3n) is 4.67. The van der Waals surface area contributed by atoms with Crippen molar-refractivity contribution >= 4 is 11.3 Å². The van der Waals surface area contributed by atoms with Crippen LogP contribution in [0.15, 0.2) is 102 Å². The maximum atomic E-state index is 9.82. The van der Waals surface area contributed by atoms with Crippen LogP contribution < -0.4 is 5.73 Å². The third kappa shape index (κ3) is 3.09. The molecule has 3 heteroatoms. The van der Waals surface area contributed by atoms with Gasteiger partial charge >= 0.3 is 0 Å². The smallest absolute Gasteiger partial charge is 0.205 e. The van der Waals surface area contributed by atoms with Gasteiger partial charge in [0.25, 0.3) is 0 Å². The van der Waals surface area contributed by atoms with Crippen molar-refractivity contribution in [2.24, 2.45) is 5.73 Å². The normalized spacial score (nSPS) is 16.6. The van der Waals surface area contributed by atoms with Crippen LogP contribution in [-0.2, 0) is 4.74 Å². The molecule has 0 amide bonds. The Balaban J connectivity index is 2.03. The van der Waals surface area contributed by atoms with Gasteiger partial charge in [0.2, 0.25) is 5.88 Å². The maximum Gasteiger partial charge on any atom is 0.205 e. The summed E-state index contributed by atoms with van der Waals surface area (Å²) >= 11 is 0. The molecule has 27 heavy (non-hydrogen) atoms. The van der Waals surface area contributed by atoms with E-state index in [1.165, 1.54) is 0 Å². The maximum absolute atomic E-state index is 9.82. The first-order valence-corrected chi connectivity index (χ1v) is 8.77. The Kier molecular flexibility index (Phi) is 4.47.